The third-order valence-electron chi connectivity index (χ3n) is 5.35. The van der Waals surface area contributed by atoms with Crippen molar-refractivity contribution in [3.8, 4) is 0 Å². The summed E-state index contributed by atoms with van der Waals surface area (Å²) in [6.07, 6.45) is 1.46. The molecule has 2 aliphatic rings. The lowest BCUT2D eigenvalue weighted by Gasteiger charge is -2.44. The Morgan fingerprint density at radius 3 is 2.46 bits per heavy atom. The summed E-state index contributed by atoms with van der Waals surface area (Å²) in [6.45, 7) is 1.85. The maximum atomic E-state index is 13.3. The normalized spacial score (nSPS) is 18.3. The maximum Gasteiger partial charge on any atom is 0.321 e. The highest BCUT2D eigenvalue weighted by atomic mass is 32.2. The van der Waals surface area contributed by atoms with Gasteiger partial charge in [-0.25, -0.2) is 9.18 Å². The Bertz CT molecular complexity index is 869. The summed E-state index contributed by atoms with van der Waals surface area (Å²) in [6, 6.07) is 15.0. The van der Waals surface area contributed by atoms with Crippen LogP contribution in [0.4, 0.5) is 14.9 Å². The number of carbonyl (C=O) groups is 2. The Hall–Kier alpha value is -2.54. The standard InChI is InChI=1S/C21H22FN3O2S/c22-17-7-4-8-18(15-17)23-20(27)24-11-9-21(10-12-24)25(13-14-28-21)19(26)16-5-2-1-3-6-16/h1-8,15H,9-14H2,(H,23,27). The second-order valence-electron chi connectivity index (χ2n) is 7.05. The molecule has 2 aromatic rings. The van der Waals surface area contributed by atoms with Crippen molar-refractivity contribution in [1.82, 2.24) is 9.80 Å². The van der Waals surface area contributed by atoms with Crippen LogP contribution in [-0.2, 0) is 0 Å². The Labute approximate surface area is 167 Å². The predicted octanol–water partition coefficient (Wildman–Crippen LogP) is 4.04. The van der Waals surface area contributed by atoms with Gasteiger partial charge < -0.3 is 15.1 Å². The quantitative estimate of drug-likeness (QED) is 0.829. The van der Waals surface area contributed by atoms with Gasteiger partial charge in [0.25, 0.3) is 5.91 Å². The van der Waals surface area contributed by atoms with Crippen LogP contribution < -0.4 is 5.32 Å². The molecule has 2 fully saturated rings. The second kappa shape index (κ2) is 7.83. The van der Waals surface area contributed by atoms with Crippen molar-refractivity contribution >= 4 is 29.4 Å². The molecular formula is C21H22FN3O2S. The van der Waals surface area contributed by atoms with Crippen LogP contribution in [0.15, 0.2) is 54.6 Å². The molecule has 0 aliphatic carbocycles. The van der Waals surface area contributed by atoms with E-state index in [-0.39, 0.29) is 22.6 Å². The van der Waals surface area contributed by atoms with Gasteiger partial charge in [-0.3, -0.25) is 4.79 Å². The van der Waals surface area contributed by atoms with E-state index in [0.29, 0.717) is 24.3 Å². The third kappa shape index (κ3) is 3.71. The maximum absolute atomic E-state index is 13.3. The molecule has 0 aromatic heterocycles. The van der Waals surface area contributed by atoms with Crippen LogP contribution in [0.2, 0.25) is 0 Å². The van der Waals surface area contributed by atoms with E-state index in [1.54, 1.807) is 17.0 Å². The molecule has 2 aromatic carbocycles. The summed E-state index contributed by atoms with van der Waals surface area (Å²) in [5.41, 5.74) is 1.15. The van der Waals surface area contributed by atoms with Crippen LogP contribution in [0.3, 0.4) is 0 Å². The summed E-state index contributed by atoms with van der Waals surface area (Å²) >= 11 is 1.81. The predicted molar refractivity (Wildman–Crippen MR) is 109 cm³/mol. The molecule has 2 saturated heterocycles. The minimum absolute atomic E-state index is 0.0586. The molecule has 2 heterocycles. The zero-order valence-electron chi connectivity index (χ0n) is 15.4. The first-order valence-electron chi connectivity index (χ1n) is 9.40. The van der Waals surface area contributed by atoms with Gasteiger partial charge in [0, 0.05) is 36.6 Å². The minimum Gasteiger partial charge on any atom is -0.324 e. The van der Waals surface area contributed by atoms with Crippen LogP contribution in [0.25, 0.3) is 0 Å². The molecule has 1 spiro atoms. The summed E-state index contributed by atoms with van der Waals surface area (Å²) in [4.78, 5) is 29.0. The van der Waals surface area contributed by atoms with E-state index >= 15 is 0 Å². The molecule has 0 saturated carbocycles. The van der Waals surface area contributed by atoms with Crippen LogP contribution in [0, 0.1) is 5.82 Å². The van der Waals surface area contributed by atoms with Crippen LogP contribution in [0.1, 0.15) is 23.2 Å². The van der Waals surface area contributed by atoms with Gasteiger partial charge in [0.2, 0.25) is 0 Å². The van der Waals surface area contributed by atoms with Crippen molar-refractivity contribution in [3.63, 3.8) is 0 Å². The number of thioether (sulfide) groups is 1. The van der Waals surface area contributed by atoms with Gasteiger partial charge in [-0.15, -0.1) is 11.8 Å². The number of likely N-dealkylation sites (tertiary alicyclic amines) is 1. The fraction of sp³-hybridized carbons (Fsp3) is 0.333. The number of nitrogens with one attached hydrogen (secondary N) is 1. The van der Waals surface area contributed by atoms with Crippen molar-refractivity contribution in [2.45, 2.75) is 17.7 Å². The summed E-state index contributed by atoms with van der Waals surface area (Å²) in [5.74, 6) is 0.588. The molecule has 28 heavy (non-hydrogen) atoms. The number of urea groups is 1. The van der Waals surface area contributed by atoms with E-state index in [0.717, 1.165) is 25.1 Å². The number of hydrogen-bond donors (Lipinski definition) is 1. The largest absolute Gasteiger partial charge is 0.324 e. The third-order valence-corrected chi connectivity index (χ3v) is 6.90. The lowest BCUT2D eigenvalue weighted by atomic mass is 10.0. The van der Waals surface area contributed by atoms with Gasteiger partial charge in [0.1, 0.15) is 5.82 Å². The average Bonchev–Trinajstić information content (AvgIpc) is 3.11. The monoisotopic (exact) mass is 399 g/mol. The van der Waals surface area contributed by atoms with E-state index in [4.69, 9.17) is 0 Å². The van der Waals surface area contributed by atoms with Crippen molar-refractivity contribution in [3.05, 3.63) is 66.0 Å². The topological polar surface area (TPSA) is 52.7 Å². The Kier molecular flexibility index (Phi) is 5.26. The highest BCUT2D eigenvalue weighted by molar-refractivity contribution is 8.00. The molecule has 146 valence electrons. The fourth-order valence-corrected chi connectivity index (χ4v) is 5.33. The Morgan fingerprint density at radius 1 is 1.00 bits per heavy atom. The molecule has 0 radical (unpaired) electrons. The lowest BCUT2D eigenvalue weighted by molar-refractivity contribution is 0.0585. The summed E-state index contributed by atoms with van der Waals surface area (Å²) in [7, 11) is 0. The number of carbonyl (C=O) groups excluding carboxylic acids is 2. The zero-order valence-corrected chi connectivity index (χ0v) is 16.3. The number of benzene rings is 2. The van der Waals surface area contributed by atoms with Crippen molar-refractivity contribution in [2.24, 2.45) is 0 Å². The molecule has 0 atom stereocenters. The average molecular weight is 399 g/mol. The Balaban J connectivity index is 1.41. The van der Waals surface area contributed by atoms with Gasteiger partial charge >= 0.3 is 6.03 Å². The molecule has 4 rings (SSSR count). The van der Waals surface area contributed by atoms with Gasteiger partial charge in [-0.05, 0) is 43.2 Å². The summed E-state index contributed by atoms with van der Waals surface area (Å²) in [5, 5.41) is 2.75. The number of rotatable bonds is 2. The molecule has 2 aliphatic heterocycles. The number of halogens is 1. The summed E-state index contributed by atoms with van der Waals surface area (Å²) < 4.78 is 13.3. The van der Waals surface area contributed by atoms with Crippen molar-refractivity contribution in [2.75, 3.05) is 30.7 Å². The van der Waals surface area contributed by atoms with E-state index in [2.05, 4.69) is 5.32 Å². The van der Waals surface area contributed by atoms with Crippen LogP contribution in [0.5, 0.6) is 0 Å². The van der Waals surface area contributed by atoms with Crippen molar-refractivity contribution < 1.29 is 14.0 Å². The first-order chi connectivity index (χ1) is 13.6. The van der Waals surface area contributed by atoms with Gasteiger partial charge in [-0.2, -0.15) is 0 Å². The highest BCUT2D eigenvalue weighted by Crippen LogP contribution is 2.44. The molecule has 3 amide bonds. The van der Waals surface area contributed by atoms with E-state index in [9.17, 15) is 14.0 Å². The lowest BCUT2D eigenvalue weighted by Crippen LogP contribution is -2.54. The highest BCUT2D eigenvalue weighted by Gasteiger charge is 2.47. The van der Waals surface area contributed by atoms with Crippen LogP contribution >= 0.6 is 11.8 Å². The first-order valence-corrected chi connectivity index (χ1v) is 10.4. The number of amides is 3. The van der Waals surface area contributed by atoms with E-state index < -0.39 is 0 Å². The molecule has 7 heteroatoms. The number of nitrogens with zero attached hydrogens (tertiary/aromatic N) is 2. The zero-order chi connectivity index (χ0) is 19.6. The molecule has 5 nitrogen and oxygen atoms in total. The van der Waals surface area contributed by atoms with Crippen molar-refractivity contribution in [1.29, 1.82) is 0 Å². The Morgan fingerprint density at radius 2 is 1.75 bits per heavy atom. The number of hydrogen-bond acceptors (Lipinski definition) is 3. The van der Waals surface area contributed by atoms with E-state index in [1.165, 1.54) is 12.1 Å². The molecular weight excluding hydrogens is 377 g/mol. The van der Waals surface area contributed by atoms with Gasteiger partial charge in [0.05, 0.1) is 4.87 Å². The minimum atomic E-state index is -0.382. The SMILES string of the molecule is O=C(Nc1cccc(F)c1)N1CCC2(CC1)SCCN2C(=O)c1ccccc1. The van der Waals surface area contributed by atoms with Gasteiger partial charge in [-0.1, -0.05) is 24.3 Å². The van der Waals surface area contributed by atoms with Gasteiger partial charge in [0.15, 0.2) is 0 Å². The first kappa shape index (κ1) is 18.8. The van der Waals surface area contributed by atoms with E-state index in [1.807, 2.05) is 47.0 Å². The smallest absolute Gasteiger partial charge is 0.321 e. The number of anilines is 1. The molecule has 0 unspecified atom stereocenters. The fourth-order valence-electron chi connectivity index (χ4n) is 3.87. The molecule has 1 N–H and O–H groups in total. The second-order valence-corrected chi connectivity index (χ2v) is 8.50. The van der Waals surface area contributed by atoms with Crippen LogP contribution in [-0.4, -0.2) is 52.0 Å². The number of piperidine rings is 1. The molecule has 0 bridgehead atoms.